The molecule has 1 aliphatic heterocycles. The molecule has 156 valence electrons. The zero-order valence-electron chi connectivity index (χ0n) is 16.9. The molecule has 1 atom stereocenters. The Bertz CT molecular complexity index is 818. The molecule has 2 aromatic rings. The zero-order chi connectivity index (χ0) is 20.6. The van der Waals surface area contributed by atoms with E-state index in [4.69, 9.17) is 14.2 Å². The first-order valence-corrected chi connectivity index (χ1v) is 10.9. The Morgan fingerprint density at radius 2 is 2.10 bits per heavy atom. The van der Waals surface area contributed by atoms with Gasteiger partial charge in [-0.15, -0.1) is 0 Å². The van der Waals surface area contributed by atoms with Crippen LogP contribution < -0.4 is 14.8 Å². The summed E-state index contributed by atoms with van der Waals surface area (Å²) >= 11 is 3.50. The molecule has 2 aromatic carbocycles. The number of amides is 1. The summed E-state index contributed by atoms with van der Waals surface area (Å²) in [6.07, 6.45) is 3.25. The van der Waals surface area contributed by atoms with E-state index < -0.39 is 0 Å². The molecule has 1 amide bonds. The first-order chi connectivity index (χ1) is 14.0. The van der Waals surface area contributed by atoms with Crippen molar-refractivity contribution in [1.82, 2.24) is 0 Å². The molecule has 0 aliphatic carbocycles. The van der Waals surface area contributed by atoms with E-state index in [9.17, 15) is 4.79 Å². The summed E-state index contributed by atoms with van der Waals surface area (Å²) in [7, 11) is 0. The van der Waals surface area contributed by atoms with Crippen molar-refractivity contribution in [3.8, 4) is 11.5 Å². The van der Waals surface area contributed by atoms with Gasteiger partial charge in [-0.3, -0.25) is 4.79 Å². The van der Waals surface area contributed by atoms with E-state index >= 15 is 0 Å². The van der Waals surface area contributed by atoms with Crippen molar-refractivity contribution in [2.45, 2.75) is 39.2 Å². The van der Waals surface area contributed by atoms with Gasteiger partial charge in [0.15, 0.2) is 0 Å². The minimum atomic E-state index is -0.185. The summed E-state index contributed by atoms with van der Waals surface area (Å²) in [5.41, 5.74) is 1.25. The van der Waals surface area contributed by atoms with Gasteiger partial charge >= 0.3 is 0 Å². The van der Waals surface area contributed by atoms with E-state index in [-0.39, 0.29) is 12.0 Å². The van der Waals surface area contributed by atoms with Gasteiger partial charge in [-0.2, -0.15) is 0 Å². The predicted octanol–water partition coefficient (Wildman–Crippen LogP) is 5.68. The lowest BCUT2D eigenvalue weighted by atomic mass is 10.1. The maximum Gasteiger partial charge on any atom is 0.255 e. The Balaban J connectivity index is 1.56. The molecule has 1 N–H and O–H groups in total. The molecule has 29 heavy (non-hydrogen) atoms. The summed E-state index contributed by atoms with van der Waals surface area (Å²) in [5, 5.41) is 2.92. The van der Waals surface area contributed by atoms with Gasteiger partial charge in [0, 0.05) is 23.9 Å². The highest BCUT2D eigenvalue weighted by atomic mass is 79.9. The third kappa shape index (κ3) is 6.75. The number of benzene rings is 2. The number of hydrogen-bond acceptors (Lipinski definition) is 4. The van der Waals surface area contributed by atoms with Crippen LogP contribution in [0.4, 0.5) is 5.69 Å². The van der Waals surface area contributed by atoms with E-state index in [1.165, 1.54) is 0 Å². The molecular formula is C23H28BrNO4. The molecule has 0 radical (unpaired) electrons. The summed E-state index contributed by atoms with van der Waals surface area (Å²) in [6.45, 7) is 6.31. The van der Waals surface area contributed by atoms with Gasteiger partial charge in [0.25, 0.3) is 5.91 Å². The van der Waals surface area contributed by atoms with E-state index in [1.54, 1.807) is 18.2 Å². The number of carbonyl (C=O) groups is 1. The van der Waals surface area contributed by atoms with Gasteiger partial charge < -0.3 is 19.5 Å². The lowest BCUT2D eigenvalue weighted by Gasteiger charge is -2.13. The van der Waals surface area contributed by atoms with E-state index in [0.29, 0.717) is 36.1 Å². The highest BCUT2D eigenvalue weighted by Gasteiger charge is 2.17. The quantitative estimate of drug-likeness (QED) is 0.521. The van der Waals surface area contributed by atoms with Crippen LogP contribution in [0.25, 0.3) is 0 Å². The van der Waals surface area contributed by atoms with Gasteiger partial charge in [-0.05, 0) is 71.4 Å². The van der Waals surface area contributed by atoms with E-state index in [2.05, 4.69) is 35.1 Å². The number of rotatable bonds is 9. The second-order valence-electron chi connectivity index (χ2n) is 7.60. The first-order valence-electron chi connectivity index (χ1n) is 10.1. The van der Waals surface area contributed by atoms with Crippen LogP contribution in [0.5, 0.6) is 11.5 Å². The fourth-order valence-corrected chi connectivity index (χ4v) is 3.49. The first kappa shape index (κ1) is 21.7. The highest BCUT2D eigenvalue weighted by Crippen LogP contribution is 2.28. The largest absolute Gasteiger partial charge is 0.494 e. The number of nitrogens with one attached hydrogen (secondary N) is 1. The van der Waals surface area contributed by atoms with Crippen molar-refractivity contribution in [2.24, 2.45) is 5.92 Å². The van der Waals surface area contributed by atoms with Gasteiger partial charge in [-0.25, -0.2) is 0 Å². The fraction of sp³-hybridized carbons (Fsp3) is 0.435. The van der Waals surface area contributed by atoms with Crippen LogP contribution in [-0.4, -0.2) is 31.8 Å². The summed E-state index contributed by atoms with van der Waals surface area (Å²) < 4.78 is 17.9. The van der Waals surface area contributed by atoms with E-state index in [0.717, 1.165) is 36.1 Å². The SMILES string of the molecule is CC(C)CCOc1cccc(NC(=O)c2ccc(OCC3CCCO3)c(Br)c2)c1. The van der Waals surface area contributed by atoms with Crippen LogP contribution in [0.2, 0.25) is 0 Å². The molecule has 5 nitrogen and oxygen atoms in total. The van der Waals surface area contributed by atoms with Gasteiger partial charge in [0.1, 0.15) is 18.1 Å². The van der Waals surface area contributed by atoms with Gasteiger partial charge in [-0.1, -0.05) is 19.9 Å². The minimum absolute atomic E-state index is 0.153. The van der Waals surface area contributed by atoms with Crippen molar-refractivity contribution in [1.29, 1.82) is 0 Å². The van der Waals surface area contributed by atoms with Gasteiger partial charge in [0.2, 0.25) is 0 Å². The van der Waals surface area contributed by atoms with Crippen molar-refractivity contribution in [2.75, 3.05) is 25.1 Å². The van der Waals surface area contributed by atoms with Crippen molar-refractivity contribution < 1.29 is 19.0 Å². The molecule has 6 heteroatoms. The van der Waals surface area contributed by atoms with Crippen molar-refractivity contribution in [3.05, 3.63) is 52.5 Å². The predicted molar refractivity (Wildman–Crippen MR) is 118 cm³/mol. The second-order valence-corrected chi connectivity index (χ2v) is 8.46. The monoisotopic (exact) mass is 461 g/mol. The molecule has 0 spiro atoms. The second kappa shape index (κ2) is 10.6. The van der Waals surface area contributed by atoms with Crippen molar-refractivity contribution >= 4 is 27.5 Å². The van der Waals surface area contributed by atoms with Crippen molar-refractivity contribution in [3.63, 3.8) is 0 Å². The molecular weight excluding hydrogens is 434 g/mol. The van der Waals surface area contributed by atoms with Crippen LogP contribution in [-0.2, 0) is 4.74 Å². The maximum absolute atomic E-state index is 12.6. The Labute approximate surface area is 180 Å². The number of hydrogen-bond donors (Lipinski definition) is 1. The third-order valence-corrected chi connectivity index (χ3v) is 5.32. The van der Waals surface area contributed by atoms with E-state index in [1.807, 2.05) is 24.3 Å². The average Bonchev–Trinajstić information content (AvgIpc) is 3.20. The van der Waals surface area contributed by atoms with Crippen LogP contribution >= 0.6 is 15.9 Å². The average molecular weight is 462 g/mol. The Morgan fingerprint density at radius 3 is 2.83 bits per heavy atom. The topological polar surface area (TPSA) is 56.8 Å². The summed E-state index contributed by atoms with van der Waals surface area (Å²) in [6, 6.07) is 12.8. The molecule has 0 bridgehead atoms. The van der Waals surface area contributed by atoms with Crippen LogP contribution in [0.15, 0.2) is 46.9 Å². The third-order valence-electron chi connectivity index (χ3n) is 4.70. The number of ether oxygens (including phenoxy) is 3. The lowest BCUT2D eigenvalue weighted by Crippen LogP contribution is -2.16. The zero-order valence-corrected chi connectivity index (χ0v) is 18.5. The fourth-order valence-electron chi connectivity index (χ4n) is 3.00. The highest BCUT2D eigenvalue weighted by molar-refractivity contribution is 9.10. The minimum Gasteiger partial charge on any atom is -0.494 e. The smallest absolute Gasteiger partial charge is 0.255 e. The van der Waals surface area contributed by atoms with Crippen LogP contribution in [0.1, 0.15) is 43.5 Å². The summed E-state index contributed by atoms with van der Waals surface area (Å²) in [4.78, 5) is 12.6. The molecule has 1 aliphatic rings. The maximum atomic E-state index is 12.6. The molecule has 1 unspecified atom stereocenters. The molecule has 1 fully saturated rings. The van der Waals surface area contributed by atoms with Crippen LogP contribution in [0, 0.1) is 5.92 Å². The van der Waals surface area contributed by atoms with Gasteiger partial charge in [0.05, 0.1) is 17.2 Å². The molecule has 0 saturated carbocycles. The Hall–Kier alpha value is -2.05. The van der Waals surface area contributed by atoms with Crippen LogP contribution in [0.3, 0.4) is 0 Å². The standard InChI is InChI=1S/C23H28BrNO4/c1-16(2)10-12-28-19-6-3-5-18(14-19)25-23(26)17-8-9-22(21(24)13-17)29-15-20-7-4-11-27-20/h3,5-6,8-9,13-14,16,20H,4,7,10-12,15H2,1-2H3,(H,25,26). The Kier molecular flexibility index (Phi) is 7.95. The number of halogens is 1. The molecule has 3 rings (SSSR count). The normalized spacial score (nSPS) is 16.1. The Morgan fingerprint density at radius 1 is 1.24 bits per heavy atom. The number of carbonyl (C=O) groups excluding carboxylic acids is 1. The molecule has 1 saturated heterocycles. The molecule has 1 heterocycles. The lowest BCUT2D eigenvalue weighted by molar-refractivity contribution is 0.0677. The summed E-state index contributed by atoms with van der Waals surface area (Å²) in [5.74, 6) is 1.87. The molecule has 0 aromatic heterocycles. The number of anilines is 1.